The number of rotatable bonds is 14. The van der Waals surface area contributed by atoms with Gasteiger partial charge < -0.3 is 30.1 Å². The van der Waals surface area contributed by atoms with Crippen LogP contribution in [0.15, 0.2) is 48.5 Å². The van der Waals surface area contributed by atoms with E-state index in [9.17, 15) is 19.5 Å². The Morgan fingerprint density at radius 1 is 0.950 bits per heavy atom. The van der Waals surface area contributed by atoms with E-state index >= 15 is 0 Å². The normalized spacial score (nSPS) is 12.7. The van der Waals surface area contributed by atoms with Crippen LogP contribution in [0.1, 0.15) is 84.7 Å². The fourth-order valence-electron chi connectivity index (χ4n) is 4.28. The van der Waals surface area contributed by atoms with E-state index in [0.29, 0.717) is 17.9 Å². The Bertz CT molecular complexity index is 1100. The molecule has 2 rings (SSSR count). The van der Waals surface area contributed by atoms with Crippen LogP contribution in [0.3, 0.4) is 0 Å². The van der Waals surface area contributed by atoms with E-state index in [1.54, 1.807) is 77.3 Å². The van der Waals surface area contributed by atoms with Crippen LogP contribution in [0, 0.1) is 0 Å². The quantitative estimate of drug-likeness (QED) is 0.240. The van der Waals surface area contributed by atoms with Crippen molar-refractivity contribution in [3.05, 3.63) is 54.1 Å². The molecular formula is C31H45N3O6. The monoisotopic (exact) mass is 555 g/mol. The van der Waals surface area contributed by atoms with Crippen LogP contribution in [-0.2, 0) is 14.3 Å². The molecule has 9 nitrogen and oxygen atoms in total. The SMILES string of the molecule is CCCCCCCCN(C(=O)C(C)NC(=O)OC(C)(C)C)C(C(=O)Nc1ccc(OC)cc1)c1ccccc1O. The van der Waals surface area contributed by atoms with Crippen molar-refractivity contribution in [2.75, 3.05) is 19.0 Å². The number of methoxy groups -OCH3 is 1. The minimum atomic E-state index is -1.14. The second-order valence-electron chi connectivity index (χ2n) is 10.8. The largest absolute Gasteiger partial charge is 0.508 e. The molecular weight excluding hydrogens is 510 g/mol. The molecule has 40 heavy (non-hydrogen) atoms. The zero-order valence-corrected chi connectivity index (χ0v) is 24.7. The van der Waals surface area contributed by atoms with Gasteiger partial charge >= 0.3 is 6.09 Å². The number of hydrogen-bond acceptors (Lipinski definition) is 6. The maximum absolute atomic E-state index is 13.9. The van der Waals surface area contributed by atoms with Gasteiger partial charge in [-0.1, -0.05) is 57.2 Å². The third kappa shape index (κ3) is 10.4. The molecule has 0 aliphatic heterocycles. The number of ether oxygens (including phenoxy) is 2. The Balaban J connectivity index is 2.39. The van der Waals surface area contributed by atoms with Gasteiger partial charge in [-0.2, -0.15) is 0 Å². The number of nitrogens with one attached hydrogen (secondary N) is 2. The second-order valence-corrected chi connectivity index (χ2v) is 10.8. The van der Waals surface area contributed by atoms with E-state index in [-0.39, 0.29) is 17.9 Å². The van der Waals surface area contributed by atoms with E-state index in [0.717, 1.165) is 32.1 Å². The summed E-state index contributed by atoms with van der Waals surface area (Å²) in [6, 6.07) is 11.2. The van der Waals surface area contributed by atoms with Crippen LogP contribution < -0.4 is 15.4 Å². The molecule has 0 aliphatic carbocycles. The summed E-state index contributed by atoms with van der Waals surface area (Å²) in [6.45, 7) is 9.19. The first-order valence-electron chi connectivity index (χ1n) is 14.0. The Labute approximate surface area is 238 Å². The van der Waals surface area contributed by atoms with Gasteiger partial charge in [0.1, 0.15) is 29.2 Å². The van der Waals surface area contributed by atoms with Crippen molar-refractivity contribution in [3.8, 4) is 11.5 Å². The molecule has 0 spiro atoms. The molecule has 2 unspecified atom stereocenters. The number of amides is 3. The van der Waals surface area contributed by atoms with Gasteiger partial charge in [-0.05, 0) is 64.4 Å². The number of phenols is 1. The van der Waals surface area contributed by atoms with Crippen LogP contribution in [-0.4, -0.2) is 53.2 Å². The zero-order chi connectivity index (χ0) is 29.7. The van der Waals surface area contributed by atoms with Crippen molar-refractivity contribution in [1.82, 2.24) is 10.2 Å². The molecule has 2 aromatic rings. The van der Waals surface area contributed by atoms with Crippen LogP contribution in [0.25, 0.3) is 0 Å². The summed E-state index contributed by atoms with van der Waals surface area (Å²) in [5.41, 5.74) is 0.0668. The zero-order valence-electron chi connectivity index (χ0n) is 24.7. The van der Waals surface area contributed by atoms with E-state index in [4.69, 9.17) is 9.47 Å². The van der Waals surface area contributed by atoms with E-state index < -0.39 is 35.6 Å². The van der Waals surface area contributed by atoms with Crippen LogP contribution in [0.5, 0.6) is 11.5 Å². The Kier molecular flexibility index (Phi) is 12.8. The molecule has 3 N–H and O–H groups in total. The molecule has 0 aliphatic rings. The maximum Gasteiger partial charge on any atom is 0.408 e. The van der Waals surface area contributed by atoms with Gasteiger partial charge in [0, 0.05) is 17.8 Å². The Hall–Kier alpha value is -3.75. The van der Waals surface area contributed by atoms with Crippen LogP contribution >= 0.6 is 0 Å². The lowest BCUT2D eigenvalue weighted by Crippen LogP contribution is -2.51. The van der Waals surface area contributed by atoms with Gasteiger partial charge in [0.05, 0.1) is 7.11 Å². The molecule has 2 aromatic carbocycles. The summed E-state index contributed by atoms with van der Waals surface area (Å²) in [7, 11) is 1.56. The molecule has 0 fully saturated rings. The molecule has 0 bridgehead atoms. The first-order valence-corrected chi connectivity index (χ1v) is 14.0. The number of phenolic OH excluding ortho intramolecular Hbond substituents is 1. The van der Waals surface area contributed by atoms with Crippen molar-refractivity contribution in [2.45, 2.75) is 90.8 Å². The molecule has 0 saturated heterocycles. The van der Waals surface area contributed by atoms with Gasteiger partial charge in [0.2, 0.25) is 5.91 Å². The standard InChI is InChI=1S/C31H45N3O6/c1-7-8-9-10-11-14-21-34(29(37)22(2)32-30(38)40-31(3,4)5)27(25-15-12-13-16-26(25)35)28(36)33-23-17-19-24(39-6)20-18-23/h12-13,15-20,22,27,35H,7-11,14,21H2,1-6H3,(H,32,38)(H,33,36). The summed E-state index contributed by atoms with van der Waals surface area (Å²) in [5.74, 6) is -0.420. The highest BCUT2D eigenvalue weighted by Crippen LogP contribution is 2.31. The van der Waals surface area contributed by atoms with Gasteiger partial charge in [-0.3, -0.25) is 9.59 Å². The third-order valence-corrected chi connectivity index (χ3v) is 6.29. The molecule has 9 heteroatoms. The van der Waals surface area contributed by atoms with Crippen molar-refractivity contribution in [2.24, 2.45) is 0 Å². The van der Waals surface area contributed by atoms with E-state index in [2.05, 4.69) is 17.6 Å². The van der Waals surface area contributed by atoms with Crippen LogP contribution in [0.4, 0.5) is 10.5 Å². The highest BCUT2D eigenvalue weighted by Gasteiger charge is 2.36. The number of unbranched alkanes of at least 4 members (excludes halogenated alkanes) is 5. The van der Waals surface area contributed by atoms with Crippen molar-refractivity contribution in [1.29, 1.82) is 0 Å². The average molecular weight is 556 g/mol. The first-order chi connectivity index (χ1) is 19.0. The number of benzene rings is 2. The smallest absolute Gasteiger partial charge is 0.408 e. The minimum Gasteiger partial charge on any atom is -0.508 e. The van der Waals surface area contributed by atoms with Crippen molar-refractivity contribution in [3.63, 3.8) is 0 Å². The average Bonchev–Trinajstić information content (AvgIpc) is 2.89. The highest BCUT2D eigenvalue weighted by molar-refractivity contribution is 5.99. The molecule has 0 aromatic heterocycles. The number of nitrogens with zero attached hydrogens (tertiary/aromatic N) is 1. The minimum absolute atomic E-state index is 0.106. The number of aromatic hydroxyl groups is 1. The lowest BCUT2D eigenvalue weighted by atomic mass is 10.0. The molecule has 0 radical (unpaired) electrons. The van der Waals surface area contributed by atoms with E-state index in [1.165, 1.54) is 11.0 Å². The fraction of sp³-hybridized carbons (Fsp3) is 0.516. The van der Waals surface area contributed by atoms with Gasteiger partial charge in [-0.25, -0.2) is 4.79 Å². The predicted octanol–water partition coefficient (Wildman–Crippen LogP) is 6.18. The summed E-state index contributed by atoms with van der Waals surface area (Å²) < 4.78 is 10.5. The summed E-state index contributed by atoms with van der Waals surface area (Å²) in [4.78, 5) is 41.6. The summed E-state index contributed by atoms with van der Waals surface area (Å²) >= 11 is 0. The third-order valence-electron chi connectivity index (χ3n) is 6.29. The van der Waals surface area contributed by atoms with Crippen molar-refractivity contribution >= 4 is 23.6 Å². The van der Waals surface area contributed by atoms with Gasteiger partial charge in [0.25, 0.3) is 5.91 Å². The molecule has 220 valence electrons. The first kappa shape index (κ1) is 32.5. The summed E-state index contributed by atoms with van der Waals surface area (Å²) in [5, 5.41) is 16.2. The molecule has 3 amide bonds. The Morgan fingerprint density at radius 3 is 2.17 bits per heavy atom. The topological polar surface area (TPSA) is 117 Å². The van der Waals surface area contributed by atoms with Gasteiger partial charge in [-0.15, -0.1) is 0 Å². The lowest BCUT2D eigenvalue weighted by Gasteiger charge is -2.34. The van der Waals surface area contributed by atoms with Gasteiger partial charge in [0.15, 0.2) is 0 Å². The predicted molar refractivity (Wildman–Crippen MR) is 156 cm³/mol. The fourth-order valence-corrected chi connectivity index (χ4v) is 4.28. The second kappa shape index (κ2) is 15.7. The van der Waals surface area contributed by atoms with Crippen LogP contribution in [0.2, 0.25) is 0 Å². The molecule has 0 heterocycles. The van der Waals surface area contributed by atoms with Crippen molar-refractivity contribution < 1.29 is 29.0 Å². The number of anilines is 1. The molecule has 2 atom stereocenters. The number of alkyl carbamates (subject to hydrolysis) is 1. The number of carbonyl (C=O) groups is 3. The Morgan fingerprint density at radius 2 is 1.57 bits per heavy atom. The molecule has 0 saturated carbocycles. The highest BCUT2D eigenvalue weighted by atomic mass is 16.6. The number of para-hydroxylation sites is 1. The number of hydrogen-bond donors (Lipinski definition) is 3. The number of carbonyl (C=O) groups excluding carboxylic acids is 3. The maximum atomic E-state index is 13.9. The van der Waals surface area contributed by atoms with E-state index in [1.807, 2.05) is 0 Å². The summed E-state index contributed by atoms with van der Waals surface area (Å²) in [6.07, 6.45) is 5.20. The lowest BCUT2D eigenvalue weighted by molar-refractivity contribution is -0.140.